The third kappa shape index (κ3) is 3.92. The van der Waals surface area contributed by atoms with E-state index in [1.165, 1.54) is 0 Å². The van der Waals surface area contributed by atoms with Crippen LogP contribution in [0.4, 0.5) is 0 Å². The van der Waals surface area contributed by atoms with Crippen molar-refractivity contribution in [3.63, 3.8) is 0 Å². The van der Waals surface area contributed by atoms with E-state index in [9.17, 15) is 0 Å². The second-order valence-corrected chi connectivity index (χ2v) is 2.55. The summed E-state index contributed by atoms with van der Waals surface area (Å²) in [6, 6.07) is 9.51. The lowest BCUT2D eigenvalue weighted by Crippen LogP contribution is -2.14. The smallest absolute Gasteiger partial charge is 0.191 e. The summed E-state index contributed by atoms with van der Waals surface area (Å²) in [5.74, 6) is 0.797. The topological polar surface area (TPSA) is 27.7 Å². The van der Waals surface area contributed by atoms with Crippen LogP contribution in [0, 0.1) is 0 Å². The van der Waals surface area contributed by atoms with E-state index in [1.807, 2.05) is 37.3 Å². The minimum Gasteiger partial charge on any atom is -0.467 e. The Bertz CT molecular complexity index is 223. The van der Waals surface area contributed by atoms with Gasteiger partial charge in [0.1, 0.15) is 5.75 Å². The van der Waals surface area contributed by atoms with Crippen molar-refractivity contribution in [2.75, 3.05) is 13.9 Å². The third-order valence-corrected chi connectivity index (χ3v) is 1.60. The molecule has 0 radical (unpaired) electrons. The maximum Gasteiger partial charge on any atom is 0.191 e. The summed E-state index contributed by atoms with van der Waals surface area (Å²) < 4.78 is 15.3. The molecular formula is C10H14O3. The molecule has 0 heterocycles. The minimum absolute atomic E-state index is 0.207. The molecule has 13 heavy (non-hydrogen) atoms. The molecule has 0 amide bonds. The normalized spacial score (nSPS) is 12.5. The summed E-state index contributed by atoms with van der Waals surface area (Å²) >= 11 is 0. The van der Waals surface area contributed by atoms with E-state index < -0.39 is 0 Å². The Kier molecular flexibility index (Phi) is 4.29. The number of para-hydroxylation sites is 1. The van der Waals surface area contributed by atoms with Gasteiger partial charge >= 0.3 is 0 Å². The molecule has 0 aromatic heterocycles. The quantitative estimate of drug-likeness (QED) is 0.652. The van der Waals surface area contributed by atoms with Gasteiger partial charge in [-0.3, -0.25) is 0 Å². The van der Waals surface area contributed by atoms with E-state index in [0.717, 1.165) is 5.75 Å². The summed E-state index contributed by atoms with van der Waals surface area (Å²) in [7, 11) is 1.59. The van der Waals surface area contributed by atoms with E-state index in [-0.39, 0.29) is 13.1 Å². The molecule has 1 aromatic rings. The van der Waals surface area contributed by atoms with Crippen molar-refractivity contribution in [1.29, 1.82) is 0 Å². The van der Waals surface area contributed by atoms with Crippen LogP contribution in [-0.4, -0.2) is 20.2 Å². The van der Waals surface area contributed by atoms with E-state index in [4.69, 9.17) is 14.2 Å². The largest absolute Gasteiger partial charge is 0.467 e. The highest BCUT2D eigenvalue weighted by atomic mass is 16.7. The van der Waals surface area contributed by atoms with Crippen LogP contribution in [0.3, 0.4) is 0 Å². The van der Waals surface area contributed by atoms with E-state index >= 15 is 0 Å². The molecule has 0 aliphatic carbocycles. The first-order valence-corrected chi connectivity index (χ1v) is 4.15. The van der Waals surface area contributed by atoms with Crippen LogP contribution < -0.4 is 4.74 Å². The summed E-state index contributed by atoms with van der Waals surface area (Å²) in [5.41, 5.74) is 0. The molecule has 0 saturated heterocycles. The van der Waals surface area contributed by atoms with Crippen molar-refractivity contribution < 1.29 is 14.2 Å². The molecule has 3 nitrogen and oxygen atoms in total. The van der Waals surface area contributed by atoms with E-state index in [0.29, 0.717) is 0 Å². The highest BCUT2D eigenvalue weighted by molar-refractivity contribution is 5.20. The first kappa shape index (κ1) is 10.0. The Balaban J connectivity index is 2.20. The minimum atomic E-state index is -0.233. The van der Waals surface area contributed by atoms with Crippen molar-refractivity contribution in [3.8, 4) is 5.75 Å². The fraction of sp³-hybridized carbons (Fsp3) is 0.400. The monoisotopic (exact) mass is 182 g/mol. The van der Waals surface area contributed by atoms with Gasteiger partial charge in [-0.15, -0.1) is 0 Å². The van der Waals surface area contributed by atoms with Gasteiger partial charge in [-0.1, -0.05) is 18.2 Å². The SMILES string of the molecule is COC(C)OCOc1ccccc1. The van der Waals surface area contributed by atoms with Gasteiger partial charge in [0.25, 0.3) is 0 Å². The molecule has 0 N–H and O–H groups in total. The maximum absolute atomic E-state index is 5.28. The molecule has 0 fully saturated rings. The highest BCUT2D eigenvalue weighted by Gasteiger charge is 1.97. The second-order valence-electron chi connectivity index (χ2n) is 2.55. The van der Waals surface area contributed by atoms with Gasteiger partial charge in [0.2, 0.25) is 0 Å². The van der Waals surface area contributed by atoms with Crippen molar-refractivity contribution in [2.45, 2.75) is 13.2 Å². The molecule has 3 heteroatoms. The first-order valence-electron chi connectivity index (χ1n) is 4.15. The lowest BCUT2D eigenvalue weighted by atomic mass is 10.3. The highest BCUT2D eigenvalue weighted by Crippen LogP contribution is 2.08. The Labute approximate surface area is 78.2 Å². The zero-order chi connectivity index (χ0) is 9.52. The van der Waals surface area contributed by atoms with Gasteiger partial charge < -0.3 is 14.2 Å². The standard InChI is InChI=1S/C10H14O3/c1-9(11-2)12-8-13-10-6-4-3-5-7-10/h3-7,9H,8H2,1-2H3. The molecule has 72 valence electrons. The second kappa shape index (κ2) is 5.56. The summed E-state index contributed by atoms with van der Waals surface area (Å²) in [4.78, 5) is 0. The van der Waals surface area contributed by atoms with Gasteiger partial charge in [0.05, 0.1) is 0 Å². The van der Waals surface area contributed by atoms with Gasteiger partial charge in [0.15, 0.2) is 13.1 Å². The van der Waals surface area contributed by atoms with Crippen LogP contribution in [-0.2, 0) is 9.47 Å². The number of ether oxygens (including phenoxy) is 3. The van der Waals surface area contributed by atoms with Crippen LogP contribution in [0.2, 0.25) is 0 Å². The van der Waals surface area contributed by atoms with Crippen molar-refractivity contribution >= 4 is 0 Å². The molecule has 0 bridgehead atoms. The molecule has 0 aliphatic heterocycles. The van der Waals surface area contributed by atoms with Gasteiger partial charge in [-0.2, -0.15) is 0 Å². The Morgan fingerprint density at radius 2 is 1.92 bits per heavy atom. The number of benzene rings is 1. The van der Waals surface area contributed by atoms with Crippen LogP contribution in [0.1, 0.15) is 6.92 Å². The predicted molar refractivity (Wildman–Crippen MR) is 49.5 cm³/mol. The average Bonchev–Trinajstić information content (AvgIpc) is 2.19. The Hall–Kier alpha value is -1.06. The number of hydrogen-bond donors (Lipinski definition) is 0. The van der Waals surface area contributed by atoms with Gasteiger partial charge in [-0.25, -0.2) is 0 Å². The molecule has 1 aromatic carbocycles. The molecule has 0 aliphatic rings. The lowest BCUT2D eigenvalue weighted by molar-refractivity contribution is -0.149. The molecule has 1 rings (SSSR count). The van der Waals surface area contributed by atoms with Crippen LogP contribution in [0.15, 0.2) is 30.3 Å². The number of hydrogen-bond acceptors (Lipinski definition) is 3. The number of methoxy groups -OCH3 is 1. The molecule has 1 unspecified atom stereocenters. The molecule has 0 saturated carbocycles. The van der Waals surface area contributed by atoms with Gasteiger partial charge in [-0.05, 0) is 19.1 Å². The van der Waals surface area contributed by atoms with E-state index in [1.54, 1.807) is 7.11 Å². The van der Waals surface area contributed by atoms with Crippen molar-refractivity contribution in [1.82, 2.24) is 0 Å². The zero-order valence-electron chi connectivity index (χ0n) is 7.90. The molecule has 1 atom stereocenters. The Morgan fingerprint density at radius 1 is 1.23 bits per heavy atom. The summed E-state index contributed by atoms with van der Waals surface area (Å²) in [5, 5.41) is 0. The van der Waals surface area contributed by atoms with E-state index in [2.05, 4.69) is 0 Å². The van der Waals surface area contributed by atoms with Gasteiger partial charge in [0, 0.05) is 7.11 Å². The van der Waals surface area contributed by atoms with Crippen LogP contribution >= 0.6 is 0 Å². The molecule has 0 spiro atoms. The summed E-state index contributed by atoms with van der Waals surface area (Å²) in [6.45, 7) is 2.02. The fourth-order valence-corrected chi connectivity index (χ4v) is 0.783. The van der Waals surface area contributed by atoms with Crippen molar-refractivity contribution in [3.05, 3.63) is 30.3 Å². The first-order chi connectivity index (χ1) is 6.33. The third-order valence-electron chi connectivity index (χ3n) is 1.60. The van der Waals surface area contributed by atoms with Crippen LogP contribution in [0.5, 0.6) is 5.75 Å². The van der Waals surface area contributed by atoms with Crippen LogP contribution in [0.25, 0.3) is 0 Å². The fourth-order valence-electron chi connectivity index (χ4n) is 0.783. The Morgan fingerprint density at radius 3 is 2.54 bits per heavy atom. The number of rotatable bonds is 5. The average molecular weight is 182 g/mol. The molecular weight excluding hydrogens is 168 g/mol. The lowest BCUT2D eigenvalue weighted by Gasteiger charge is -2.11. The van der Waals surface area contributed by atoms with Crippen molar-refractivity contribution in [2.24, 2.45) is 0 Å². The zero-order valence-corrected chi connectivity index (χ0v) is 7.90. The summed E-state index contributed by atoms with van der Waals surface area (Å²) in [6.07, 6.45) is -0.233. The predicted octanol–water partition coefficient (Wildman–Crippen LogP) is 2.03. The maximum atomic E-state index is 5.28.